The number of ether oxygens (including phenoxy) is 1. The minimum Gasteiger partial charge on any atom is -0.379 e. The molecule has 0 bridgehead atoms. The van der Waals surface area contributed by atoms with Crippen LogP contribution >= 0.6 is 12.2 Å². The Kier molecular flexibility index (Phi) is 7.43. The highest BCUT2D eigenvalue weighted by atomic mass is 32.1. The number of para-hydroxylation sites is 1. The molecule has 2 aromatic carbocycles. The van der Waals surface area contributed by atoms with E-state index >= 15 is 0 Å². The second kappa shape index (κ2) is 10.3. The number of nitrogens with zero attached hydrogens (tertiary/aromatic N) is 2. The minimum atomic E-state index is 0.764. The molecule has 1 saturated heterocycles. The van der Waals surface area contributed by atoms with Crippen molar-refractivity contribution in [3.8, 4) is 0 Å². The van der Waals surface area contributed by atoms with E-state index in [2.05, 4.69) is 51.5 Å². The predicted octanol–water partition coefficient (Wildman–Crippen LogP) is 3.29. The summed E-state index contributed by atoms with van der Waals surface area (Å²) >= 11 is 5.71. The van der Waals surface area contributed by atoms with Crippen molar-refractivity contribution in [2.45, 2.75) is 13.0 Å². The molecular weight excluding hydrogens is 342 g/mol. The Hall–Kier alpha value is -1.95. The summed E-state index contributed by atoms with van der Waals surface area (Å²) in [6, 6.07) is 20.8. The number of nitrogens with one attached hydrogen (secondary N) is 1. The number of benzene rings is 2. The zero-order chi connectivity index (χ0) is 18.0. The molecule has 5 heteroatoms. The van der Waals surface area contributed by atoms with Crippen LogP contribution in [0, 0.1) is 0 Å². The molecule has 0 saturated carbocycles. The van der Waals surface area contributed by atoms with Gasteiger partial charge in [-0.15, -0.1) is 0 Å². The molecule has 1 aliphatic rings. The van der Waals surface area contributed by atoms with Crippen LogP contribution in [0.3, 0.4) is 0 Å². The van der Waals surface area contributed by atoms with Gasteiger partial charge < -0.3 is 15.0 Å². The Morgan fingerprint density at radius 3 is 2.35 bits per heavy atom. The molecule has 1 heterocycles. The molecule has 0 aromatic heterocycles. The van der Waals surface area contributed by atoms with Crippen molar-refractivity contribution >= 4 is 23.0 Å². The highest BCUT2D eigenvalue weighted by Gasteiger charge is 2.13. The molecule has 26 heavy (non-hydrogen) atoms. The molecule has 2 aromatic rings. The normalized spacial score (nSPS) is 14.8. The summed E-state index contributed by atoms with van der Waals surface area (Å²) in [5, 5.41) is 4.22. The third kappa shape index (κ3) is 5.80. The molecule has 0 aliphatic carbocycles. The highest BCUT2D eigenvalue weighted by molar-refractivity contribution is 7.80. The lowest BCUT2D eigenvalue weighted by Gasteiger charge is -2.28. The molecule has 138 valence electrons. The number of hydrogen-bond donors (Lipinski definition) is 1. The van der Waals surface area contributed by atoms with E-state index in [9.17, 15) is 0 Å². The maximum absolute atomic E-state index is 5.71. The van der Waals surface area contributed by atoms with Crippen molar-refractivity contribution in [1.82, 2.24) is 10.2 Å². The number of rotatable bonds is 7. The highest BCUT2D eigenvalue weighted by Crippen LogP contribution is 2.17. The van der Waals surface area contributed by atoms with Crippen LogP contribution < -0.4 is 10.2 Å². The maximum Gasteiger partial charge on any atom is 0.173 e. The van der Waals surface area contributed by atoms with Gasteiger partial charge in [-0.05, 0) is 42.9 Å². The van der Waals surface area contributed by atoms with Crippen LogP contribution in [0.15, 0.2) is 60.7 Å². The number of hydrogen-bond acceptors (Lipinski definition) is 3. The lowest BCUT2D eigenvalue weighted by molar-refractivity contribution is 0.0376. The first kappa shape index (κ1) is 18.8. The molecule has 1 aliphatic heterocycles. The molecule has 4 nitrogen and oxygen atoms in total. The monoisotopic (exact) mass is 369 g/mol. The summed E-state index contributed by atoms with van der Waals surface area (Å²) in [4.78, 5) is 4.62. The first-order valence-corrected chi connectivity index (χ1v) is 9.68. The third-order valence-corrected chi connectivity index (χ3v) is 4.89. The quantitative estimate of drug-likeness (QED) is 0.597. The first-order chi connectivity index (χ1) is 12.8. The van der Waals surface area contributed by atoms with Crippen molar-refractivity contribution < 1.29 is 4.74 Å². The Morgan fingerprint density at radius 1 is 1.00 bits per heavy atom. The largest absolute Gasteiger partial charge is 0.379 e. The zero-order valence-corrected chi connectivity index (χ0v) is 16.0. The number of morpholine rings is 1. The molecule has 0 atom stereocenters. The fraction of sp³-hybridized carbons (Fsp3) is 0.381. The van der Waals surface area contributed by atoms with Gasteiger partial charge in [-0.2, -0.15) is 0 Å². The Balaban J connectivity index is 1.54. The zero-order valence-electron chi connectivity index (χ0n) is 15.1. The average molecular weight is 370 g/mol. The summed E-state index contributed by atoms with van der Waals surface area (Å²) in [5.74, 6) is 0. The molecule has 3 rings (SSSR count). The van der Waals surface area contributed by atoms with Gasteiger partial charge in [0.15, 0.2) is 5.11 Å². The average Bonchev–Trinajstić information content (AvgIpc) is 2.71. The molecule has 0 amide bonds. The van der Waals surface area contributed by atoms with Gasteiger partial charge in [0.25, 0.3) is 0 Å². The van der Waals surface area contributed by atoms with Crippen molar-refractivity contribution in [2.75, 3.05) is 44.3 Å². The molecule has 0 radical (unpaired) electrons. The second-order valence-corrected chi connectivity index (χ2v) is 6.83. The van der Waals surface area contributed by atoms with Gasteiger partial charge in [0, 0.05) is 25.3 Å². The van der Waals surface area contributed by atoms with Gasteiger partial charge in [0.1, 0.15) is 0 Å². The summed E-state index contributed by atoms with van der Waals surface area (Å²) in [6.07, 6.45) is 1.08. The van der Waals surface area contributed by atoms with Gasteiger partial charge in [0.2, 0.25) is 0 Å². The van der Waals surface area contributed by atoms with E-state index in [1.54, 1.807) is 0 Å². The van der Waals surface area contributed by atoms with E-state index in [0.717, 1.165) is 63.2 Å². The maximum atomic E-state index is 5.71. The molecule has 0 unspecified atom stereocenters. The van der Waals surface area contributed by atoms with Gasteiger partial charge in [-0.1, -0.05) is 48.5 Å². The standard InChI is InChI=1S/C21H27N3OS/c26-21(22-12-7-13-23-14-16-25-17-15-23)24(20-10-5-2-6-11-20)18-19-8-3-1-4-9-19/h1-6,8-11H,7,12-18H2,(H,22,26). The number of anilines is 1. The molecule has 1 N–H and O–H groups in total. The Bertz CT molecular complexity index is 659. The summed E-state index contributed by atoms with van der Waals surface area (Å²) < 4.78 is 5.40. The molecular formula is C21H27N3OS. The van der Waals surface area contributed by atoms with Crippen LogP contribution in [-0.2, 0) is 11.3 Å². The van der Waals surface area contributed by atoms with E-state index in [4.69, 9.17) is 17.0 Å². The topological polar surface area (TPSA) is 27.7 Å². The Morgan fingerprint density at radius 2 is 1.65 bits per heavy atom. The fourth-order valence-electron chi connectivity index (χ4n) is 3.07. The van der Waals surface area contributed by atoms with Crippen molar-refractivity contribution in [3.63, 3.8) is 0 Å². The van der Waals surface area contributed by atoms with Crippen LogP contribution in [0.4, 0.5) is 5.69 Å². The van der Waals surface area contributed by atoms with Crippen molar-refractivity contribution in [3.05, 3.63) is 66.2 Å². The van der Waals surface area contributed by atoms with Crippen molar-refractivity contribution in [1.29, 1.82) is 0 Å². The Labute approximate surface area is 161 Å². The fourth-order valence-corrected chi connectivity index (χ4v) is 3.34. The smallest absolute Gasteiger partial charge is 0.173 e. The predicted molar refractivity (Wildman–Crippen MR) is 112 cm³/mol. The van der Waals surface area contributed by atoms with E-state index < -0.39 is 0 Å². The lowest BCUT2D eigenvalue weighted by atomic mass is 10.2. The molecule has 0 spiro atoms. The number of thiocarbonyl (C=S) groups is 1. The van der Waals surface area contributed by atoms with E-state index in [1.165, 1.54) is 5.56 Å². The van der Waals surface area contributed by atoms with Crippen molar-refractivity contribution in [2.24, 2.45) is 0 Å². The van der Waals surface area contributed by atoms with Crippen LogP contribution in [0.25, 0.3) is 0 Å². The first-order valence-electron chi connectivity index (χ1n) is 9.27. The van der Waals surface area contributed by atoms with E-state index in [0.29, 0.717) is 0 Å². The third-order valence-electron chi connectivity index (χ3n) is 4.53. The SMILES string of the molecule is S=C(NCCCN1CCOCC1)N(Cc1ccccc1)c1ccccc1. The van der Waals surface area contributed by atoms with Gasteiger partial charge in [-0.3, -0.25) is 4.90 Å². The van der Waals surface area contributed by atoms with Gasteiger partial charge >= 0.3 is 0 Å². The van der Waals surface area contributed by atoms with Gasteiger partial charge in [0.05, 0.1) is 19.8 Å². The van der Waals surface area contributed by atoms with Gasteiger partial charge in [-0.25, -0.2) is 0 Å². The van der Waals surface area contributed by atoms with E-state index in [-0.39, 0.29) is 0 Å². The molecule has 1 fully saturated rings. The minimum absolute atomic E-state index is 0.764. The van der Waals surface area contributed by atoms with E-state index in [1.807, 2.05) is 24.3 Å². The summed E-state index contributed by atoms with van der Waals surface area (Å²) in [5.41, 5.74) is 2.36. The van der Waals surface area contributed by atoms with Crippen LogP contribution in [-0.4, -0.2) is 49.4 Å². The summed E-state index contributed by atoms with van der Waals surface area (Å²) in [7, 11) is 0. The van der Waals surface area contributed by atoms with Crippen LogP contribution in [0.1, 0.15) is 12.0 Å². The van der Waals surface area contributed by atoms with Crippen LogP contribution in [0.5, 0.6) is 0 Å². The summed E-state index contributed by atoms with van der Waals surface area (Å²) in [6.45, 7) is 6.51. The second-order valence-electron chi connectivity index (χ2n) is 6.45. The lowest BCUT2D eigenvalue weighted by Crippen LogP contribution is -2.41. The van der Waals surface area contributed by atoms with Crippen LogP contribution in [0.2, 0.25) is 0 Å².